The summed E-state index contributed by atoms with van der Waals surface area (Å²) in [5, 5.41) is 13.5. The topological polar surface area (TPSA) is 105 Å². The molecule has 0 radical (unpaired) electrons. The van der Waals surface area contributed by atoms with E-state index in [0.29, 0.717) is 13.1 Å². The van der Waals surface area contributed by atoms with E-state index in [1.165, 1.54) is 5.56 Å². The van der Waals surface area contributed by atoms with Gasteiger partial charge in [0.25, 0.3) is 0 Å². The maximum Gasteiger partial charge on any atom is 0.152 e. The Hall–Kier alpha value is -4.02. The first-order valence-corrected chi connectivity index (χ1v) is 14.5. The molecule has 1 fully saturated rings. The second-order valence-corrected chi connectivity index (χ2v) is 11.9. The van der Waals surface area contributed by atoms with E-state index in [-0.39, 0.29) is 11.5 Å². The van der Waals surface area contributed by atoms with Crippen LogP contribution in [0.15, 0.2) is 79.3 Å². The minimum absolute atomic E-state index is 0.245. The zero-order valence-electron chi connectivity index (χ0n) is 20.9. The van der Waals surface area contributed by atoms with Crippen molar-refractivity contribution in [1.82, 2.24) is 24.6 Å². The summed E-state index contributed by atoms with van der Waals surface area (Å²) < 4.78 is 25.3. The molecule has 194 valence electrons. The van der Waals surface area contributed by atoms with Gasteiger partial charge < -0.3 is 10.6 Å². The van der Waals surface area contributed by atoms with E-state index in [9.17, 15) is 8.42 Å². The van der Waals surface area contributed by atoms with Crippen LogP contribution in [0.25, 0.3) is 21.8 Å². The molecule has 0 aliphatic carbocycles. The SMILES string of the molecule is O=S1(=O)CCN(CCNc2ccc3ncnc(Nc4ccc5c(cnn5Cc5ccccc5)c4)c3c2)CC1. The first-order valence-electron chi connectivity index (χ1n) is 12.7. The molecule has 1 saturated heterocycles. The molecular formula is C28H29N7O2S. The number of benzene rings is 3. The highest BCUT2D eigenvalue weighted by atomic mass is 32.2. The van der Waals surface area contributed by atoms with Gasteiger partial charge in [0.1, 0.15) is 12.1 Å². The van der Waals surface area contributed by atoms with Crippen LogP contribution in [0.2, 0.25) is 0 Å². The third kappa shape index (κ3) is 5.46. The van der Waals surface area contributed by atoms with Crippen LogP contribution in [0.1, 0.15) is 5.56 Å². The fourth-order valence-corrected chi connectivity index (χ4v) is 6.06. The van der Waals surface area contributed by atoms with Crippen molar-refractivity contribution in [2.24, 2.45) is 0 Å². The van der Waals surface area contributed by atoms with Crippen molar-refractivity contribution in [2.75, 3.05) is 48.3 Å². The van der Waals surface area contributed by atoms with Gasteiger partial charge >= 0.3 is 0 Å². The first kappa shape index (κ1) is 24.3. The van der Waals surface area contributed by atoms with Crippen molar-refractivity contribution in [1.29, 1.82) is 0 Å². The quantitative estimate of drug-likeness (QED) is 0.313. The summed E-state index contributed by atoms with van der Waals surface area (Å²) in [4.78, 5) is 11.1. The van der Waals surface area contributed by atoms with Crippen LogP contribution in [-0.2, 0) is 16.4 Å². The number of hydrogen-bond acceptors (Lipinski definition) is 8. The second kappa shape index (κ2) is 10.4. The zero-order chi connectivity index (χ0) is 26.0. The lowest BCUT2D eigenvalue weighted by atomic mass is 10.2. The number of nitrogens with zero attached hydrogens (tertiary/aromatic N) is 5. The van der Waals surface area contributed by atoms with Gasteiger partial charge in [-0.3, -0.25) is 9.58 Å². The molecule has 2 aromatic heterocycles. The maximum atomic E-state index is 11.6. The van der Waals surface area contributed by atoms with Gasteiger partial charge in [-0.1, -0.05) is 30.3 Å². The average molecular weight is 528 g/mol. The summed E-state index contributed by atoms with van der Waals surface area (Å²) >= 11 is 0. The Balaban J connectivity index is 1.16. The molecule has 3 heterocycles. The van der Waals surface area contributed by atoms with E-state index in [1.54, 1.807) is 6.33 Å². The molecule has 0 atom stereocenters. The first-order chi connectivity index (χ1) is 18.5. The van der Waals surface area contributed by atoms with Crippen LogP contribution in [0.4, 0.5) is 17.2 Å². The molecule has 0 amide bonds. The van der Waals surface area contributed by atoms with Gasteiger partial charge in [0.15, 0.2) is 9.84 Å². The van der Waals surface area contributed by atoms with Crippen molar-refractivity contribution in [3.63, 3.8) is 0 Å². The summed E-state index contributed by atoms with van der Waals surface area (Å²) in [5.41, 5.74) is 5.03. The highest BCUT2D eigenvalue weighted by Gasteiger charge is 2.20. The average Bonchev–Trinajstić information content (AvgIpc) is 3.32. The Morgan fingerprint density at radius 3 is 2.55 bits per heavy atom. The lowest BCUT2D eigenvalue weighted by Gasteiger charge is -2.26. The predicted octanol–water partition coefficient (Wildman–Crippen LogP) is 3.91. The Morgan fingerprint density at radius 2 is 1.71 bits per heavy atom. The largest absolute Gasteiger partial charge is 0.384 e. The molecule has 6 rings (SSSR count). The number of rotatable bonds is 8. The molecule has 2 N–H and O–H groups in total. The normalized spacial score (nSPS) is 15.6. The van der Waals surface area contributed by atoms with Crippen molar-refractivity contribution >= 4 is 48.8 Å². The van der Waals surface area contributed by atoms with E-state index in [0.717, 1.165) is 58.6 Å². The summed E-state index contributed by atoms with van der Waals surface area (Å²) in [6, 6.07) is 22.5. The molecule has 38 heavy (non-hydrogen) atoms. The van der Waals surface area contributed by atoms with Gasteiger partial charge in [0.2, 0.25) is 0 Å². The number of anilines is 3. The molecule has 5 aromatic rings. The van der Waals surface area contributed by atoms with E-state index in [2.05, 4.69) is 60.9 Å². The monoisotopic (exact) mass is 527 g/mol. The molecular weight excluding hydrogens is 498 g/mol. The molecule has 0 saturated carbocycles. The van der Waals surface area contributed by atoms with Gasteiger partial charge in [-0.25, -0.2) is 18.4 Å². The number of aromatic nitrogens is 4. The second-order valence-electron chi connectivity index (χ2n) is 9.56. The summed E-state index contributed by atoms with van der Waals surface area (Å²) in [6.07, 6.45) is 3.46. The summed E-state index contributed by atoms with van der Waals surface area (Å²) in [5.74, 6) is 1.22. The molecule has 3 aromatic carbocycles. The van der Waals surface area contributed by atoms with Gasteiger partial charge in [0.05, 0.1) is 35.3 Å². The smallest absolute Gasteiger partial charge is 0.152 e. The van der Waals surface area contributed by atoms with Crippen molar-refractivity contribution in [3.8, 4) is 0 Å². The van der Waals surface area contributed by atoms with Gasteiger partial charge in [0, 0.05) is 48.3 Å². The molecule has 1 aliphatic heterocycles. The van der Waals surface area contributed by atoms with Gasteiger partial charge in [-0.15, -0.1) is 0 Å². The van der Waals surface area contributed by atoms with Crippen molar-refractivity contribution in [2.45, 2.75) is 6.54 Å². The minimum Gasteiger partial charge on any atom is -0.384 e. The summed E-state index contributed by atoms with van der Waals surface area (Å²) in [7, 11) is -2.86. The molecule has 9 nitrogen and oxygen atoms in total. The van der Waals surface area contributed by atoms with E-state index in [4.69, 9.17) is 0 Å². The Bertz CT molecular complexity index is 1670. The molecule has 0 bridgehead atoms. The van der Waals surface area contributed by atoms with Gasteiger partial charge in [-0.05, 0) is 42.0 Å². The minimum atomic E-state index is -2.86. The fourth-order valence-electron chi connectivity index (χ4n) is 4.78. The Morgan fingerprint density at radius 1 is 0.895 bits per heavy atom. The van der Waals surface area contributed by atoms with E-state index < -0.39 is 9.84 Å². The third-order valence-corrected chi connectivity index (χ3v) is 8.52. The summed E-state index contributed by atoms with van der Waals surface area (Å²) in [6.45, 7) is 3.44. The van der Waals surface area contributed by atoms with E-state index >= 15 is 0 Å². The van der Waals surface area contributed by atoms with Gasteiger partial charge in [-0.2, -0.15) is 5.10 Å². The lowest BCUT2D eigenvalue weighted by Crippen LogP contribution is -2.42. The van der Waals surface area contributed by atoms with Crippen LogP contribution in [0, 0.1) is 0 Å². The number of sulfone groups is 1. The van der Waals surface area contributed by atoms with Crippen LogP contribution in [-0.4, -0.2) is 70.8 Å². The predicted molar refractivity (Wildman–Crippen MR) is 152 cm³/mol. The van der Waals surface area contributed by atoms with Crippen LogP contribution >= 0.6 is 0 Å². The lowest BCUT2D eigenvalue weighted by molar-refractivity contribution is 0.307. The highest BCUT2D eigenvalue weighted by Crippen LogP contribution is 2.27. The number of hydrogen-bond donors (Lipinski definition) is 2. The van der Waals surface area contributed by atoms with Crippen LogP contribution in [0.3, 0.4) is 0 Å². The fraction of sp³-hybridized carbons (Fsp3) is 0.250. The number of fused-ring (bicyclic) bond motifs is 2. The highest BCUT2D eigenvalue weighted by molar-refractivity contribution is 7.91. The van der Waals surface area contributed by atoms with Crippen molar-refractivity contribution in [3.05, 3.63) is 84.8 Å². The third-order valence-electron chi connectivity index (χ3n) is 6.91. The maximum absolute atomic E-state index is 11.6. The molecule has 0 spiro atoms. The van der Waals surface area contributed by atoms with E-state index in [1.807, 2.05) is 47.3 Å². The van der Waals surface area contributed by atoms with Crippen molar-refractivity contribution < 1.29 is 8.42 Å². The van der Waals surface area contributed by atoms with Crippen LogP contribution in [0.5, 0.6) is 0 Å². The zero-order valence-corrected chi connectivity index (χ0v) is 21.7. The number of nitrogens with one attached hydrogen (secondary N) is 2. The van der Waals surface area contributed by atoms with Crippen LogP contribution < -0.4 is 10.6 Å². The standard InChI is InChI=1S/C28H29N7O2S/c36-38(37)14-12-34(13-15-38)11-10-29-23-6-8-26-25(17-23)28(31-20-30-26)33-24-7-9-27-22(16-24)18-32-35(27)19-21-4-2-1-3-5-21/h1-9,16-18,20,29H,10-15,19H2,(H,30,31,33). The molecule has 0 unspecified atom stereocenters. The Labute approximate surface area is 221 Å². The Kier molecular flexibility index (Phi) is 6.65. The molecule has 10 heteroatoms. The molecule has 1 aliphatic rings.